The van der Waals surface area contributed by atoms with E-state index in [1.165, 1.54) is 4.90 Å². The lowest BCUT2D eigenvalue weighted by Gasteiger charge is -2.35. The maximum Gasteiger partial charge on any atom is 0.308 e. The number of hydrogen-bond donors (Lipinski definition) is 1. The lowest BCUT2D eigenvalue weighted by atomic mass is 9.96. The Labute approximate surface area is 159 Å². The zero-order valence-electron chi connectivity index (χ0n) is 15.9. The fourth-order valence-corrected chi connectivity index (χ4v) is 4.07. The number of nitrogens with zero attached hydrogens (tertiary/aromatic N) is 3. The summed E-state index contributed by atoms with van der Waals surface area (Å²) >= 11 is 0. The SMILES string of the molecule is CN(CC(=O)N1CCCC(C(=O)O)C1)C(=O)C1CCCN(C(=O)C2CC2)C1. The number of carboxylic acids is 1. The molecule has 1 N–H and O–H groups in total. The van der Waals surface area contributed by atoms with Crippen LogP contribution in [0.5, 0.6) is 0 Å². The molecule has 1 aliphatic carbocycles. The maximum atomic E-state index is 12.8. The van der Waals surface area contributed by atoms with E-state index in [2.05, 4.69) is 0 Å². The molecule has 2 heterocycles. The first-order chi connectivity index (χ1) is 12.9. The second kappa shape index (κ2) is 8.27. The van der Waals surface area contributed by atoms with Gasteiger partial charge in [-0.1, -0.05) is 0 Å². The molecule has 3 rings (SSSR count). The maximum absolute atomic E-state index is 12.8. The standard InChI is InChI=1S/C19H29N3O5/c1-20(12-16(23)21-8-3-5-15(11-21)19(26)27)17(24)14-4-2-9-22(10-14)18(25)13-6-7-13/h13-15H,2-12H2,1H3,(H,26,27). The normalized spacial score (nSPS) is 25.8. The van der Waals surface area contributed by atoms with E-state index in [9.17, 15) is 19.2 Å². The van der Waals surface area contributed by atoms with E-state index in [1.807, 2.05) is 4.90 Å². The zero-order valence-corrected chi connectivity index (χ0v) is 15.9. The van der Waals surface area contributed by atoms with Gasteiger partial charge in [0.05, 0.1) is 18.4 Å². The number of carbonyl (C=O) groups is 4. The number of rotatable bonds is 5. The lowest BCUT2D eigenvalue weighted by molar-refractivity contribution is -0.149. The average Bonchev–Trinajstić information content (AvgIpc) is 3.52. The van der Waals surface area contributed by atoms with Crippen LogP contribution in [-0.2, 0) is 19.2 Å². The minimum Gasteiger partial charge on any atom is -0.481 e. The fourth-order valence-electron chi connectivity index (χ4n) is 4.07. The van der Waals surface area contributed by atoms with Crippen molar-refractivity contribution in [1.82, 2.24) is 14.7 Å². The average molecular weight is 379 g/mol. The molecule has 0 bridgehead atoms. The van der Waals surface area contributed by atoms with Gasteiger partial charge in [-0.3, -0.25) is 19.2 Å². The van der Waals surface area contributed by atoms with Gasteiger partial charge in [-0.25, -0.2) is 0 Å². The van der Waals surface area contributed by atoms with Crippen LogP contribution in [0.15, 0.2) is 0 Å². The van der Waals surface area contributed by atoms with Crippen LogP contribution >= 0.6 is 0 Å². The van der Waals surface area contributed by atoms with E-state index >= 15 is 0 Å². The number of likely N-dealkylation sites (N-methyl/N-ethyl adjacent to an activating group) is 1. The van der Waals surface area contributed by atoms with Crippen molar-refractivity contribution in [2.24, 2.45) is 17.8 Å². The molecule has 8 nitrogen and oxygen atoms in total. The first kappa shape index (κ1) is 19.6. The third-order valence-corrected chi connectivity index (χ3v) is 5.88. The molecule has 0 aromatic rings. The Bertz CT molecular complexity index is 618. The van der Waals surface area contributed by atoms with Gasteiger partial charge in [-0.05, 0) is 38.5 Å². The van der Waals surface area contributed by atoms with Gasteiger partial charge >= 0.3 is 5.97 Å². The Morgan fingerprint density at radius 1 is 0.889 bits per heavy atom. The molecule has 3 fully saturated rings. The van der Waals surface area contributed by atoms with Gasteiger partial charge < -0.3 is 19.8 Å². The number of amides is 3. The molecule has 1 saturated carbocycles. The molecule has 3 amide bonds. The summed E-state index contributed by atoms with van der Waals surface area (Å²) in [6.07, 6.45) is 4.70. The van der Waals surface area contributed by atoms with Gasteiger partial charge in [-0.2, -0.15) is 0 Å². The summed E-state index contributed by atoms with van der Waals surface area (Å²) in [7, 11) is 1.61. The zero-order chi connectivity index (χ0) is 19.6. The molecule has 2 atom stereocenters. The molecular formula is C19H29N3O5. The predicted molar refractivity (Wildman–Crippen MR) is 96.6 cm³/mol. The third-order valence-electron chi connectivity index (χ3n) is 5.88. The Hall–Kier alpha value is -2.12. The van der Waals surface area contributed by atoms with E-state index < -0.39 is 11.9 Å². The minimum absolute atomic E-state index is 0.0434. The molecule has 150 valence electrons. The van der Waals surface area contributed by atoms with E-state index in [0.29, 0.717) is 32.5 Å². The second-order valence-corrected chi connectivity index (χ2v) is 8.11. The van der Waals surface area contributed by atoms with Crippen LogP contribution in [0.4, 0.5) is 0 Å². The smallest absolute Gasteiger partial charge is 0.308 e. The van der Waals surface area contributed by atoms with Gasteiger partial charge in [0.25, 0.3) is 0 Å². The van der Waals surface area contributed by atoms with Gasteiger partial charge in [0.15, 0.2) is 0 Å². The van der Waals surface area contributed by atoms with Crippen molar-refractivity contribution in [2.45, 2.75) is 38.5 Å². The number of piperidine rings is 2. The molecular weight excluding hydrogens is 350 g/mol. The van der Waals surface area contributed by atoms with Crippen LogP contribution in [0.1, 0.15) is 38.5 Å². The van der Waals surface area contributed by atoms with Gasteiger partial charge in [-0.15, -0.1) is 0 Å². The van der Waals surface area contributed by atoms with Crippen molar-refractivity contribution in [3.63, 3.8) is 0 Å². The van der Waals surface area contributed by atoms with Crippen LogP contribution < -0.4 is 0 Å². The topological polar surface area (TPSA) is 98.2 Å². The highest BCUT2D eigenvalue weighted by Crippen LogP contribution is 2.32. The number of aliphatic carboxylic acids is 1. The van der Waals surface area contributed by atoms with Crippen LogP contribution in [0.3, 0.4) is 0 Å². The summed E-state index contributed by atoms with van der Waals surface area (Å²) in [5.74, 6) is -1.66. The molecule has 2 aliphatic heterocycles. The monoisotopic (exact) mass is 379 g/mol. The van der Waals surface area contributed by atoms with Crippen molar-refractivity contribution >= 4 is 23.7 Å². The summed E-state index contributed by atoms with van der Waals surface area (Å²) < 4.78 is 0. The summed E-state index contributed by atoms with van der Waals surface area (Å²) in [4.78, 5) is 53.5. The predicted octanol–water partition coefficient (Wildman–Crippen LogP) is 0.417. The van der Waals surface area contributed by atoms with Crippen molar-refractivity contribution in [3.8, 4) is 0 Å². The molecule has 0 radical (unpaired) electrons. The first-order valence-corrected chi connectivity index (χ1v) is 9.91. The quantitative estimate of drug-likeness (QED) is 0.746. The van der Waals surface area contributed by atoms with E-state index in [1.54, 1.807) is 11.9 Å². The summed E-state index contributed by atoms with van der Waals surface area (Å²) in [6.45, 7) is 1.86. The summed E-state index contributed by atoms with van der Waals surface area (Å²) in [5.41, 5.74) is 0. The van der Waals surface area contributed by atoms with Gasteiger partial charge in [0.1, 0.15) is 0 Å². The first-order valence-electron chi connectivity index (χ1n) is 9.91. The molecule has 3 aliphatic rings. The number of hydrogen-bond acceptors (Lipinski definition) is 4. The van der Waals surface area contributed by atoms with Crippen LogP contribution in [0.25, 0.3) is 0 Å². The Morgan fingerprint density at radius 2 is 1.48 bits per heavy atom. The van der Waals surface area contributed by atoms with Crippen molar-refractivity contribution < 1.29 is 24.3 Å². The highest BCUT2D eigenvalue weighted by atomic mass is 16.4. The van der Waals surface area contributed by atoms with E-state index in [0.717, 1.165) is 25.7 Å². The molecule has 0 spiro atoms. The van der Waals surface area contributed by atoms with Crippen molar-refractivity contribution in [3.05, 3.63) is 0 Å². The molecule has 27 heavy (non-hydrogen) atoms. The molecule has 2 saturated heterocycles. The summed E-state index contributed by atoms with van der Waals surface area (Å²) in [5, 5.41) is 9.16. The van der Waals surface area contributed by atoms with E-state index in [4.69, 9.17) is 5.11 Å². The Morgan fingerprint density at radius 3 is 2.11 bits per heavy atom. The van der Waals surface area contributed by atoms with Crippen LogP contribution in [-0.4, -0.2) is 83.3 Å². The molecule has 2 unspecified atom stereocenters. The van der Waals surface area contributed by atoms with Crippen molar-refractivity contribution in [2.75, 3.05) is 39.8 Å². The lowest BCUT2D eigenvalue weighted by Crippen LogP contribution is -2.50. The van der Waals surface area contributed by atoms with Crippen LogP contribution in [0.2, 0.25) is 0 Å². The third kappa shape index (κ3) is 4.78. The minimum atomic E-state index is -0.875. The highest BCUT2D eigenvalue weighted by Gasteiger charge is 2.37. The molecule has 0 aromatic heterocycles. The second-order valence-electron chi connectivity index (χ2n) is 8.11. The molecule has 8 heteroatoms. The highest BCUT2D eigenvalue weighted by molar-refractivity contribution is 5.87. The number of carboxylic acid groups (broad SMARTS) is 1. The Kier molecular flexibility index (Phi) is 6.01. The van der Waals surface area contributed by atoms with Gasteiger partial charge in [0.2, 0.25) is 17.7 Å². The Balaban J connectivity index is 1.51. The number of carbonyl (C=O) groups excluding carboxylic acids is 3. The number of likely N-dealkylation sites (tertiary alicyclic amines) is 2. The summed E-state index contributed by atoms with van der Waals surface area (Å²) in [6, 6.07) is 0. The fraction of sp³-hybridized carbons (Fsp3) is 0.789. The molecule has 0 aromatic carbocycles. The van der Waals surface area contributed by atoms with E-state index in [-0.39, 0.29) is 42.6 Å². The largest absolute Gasteiger partial charge is 0.481 e. The van der Waals surface area contributed by atoms with Crippen LogP contribution in [0, 0.1) is 17.8 Å². The van der Waals surface area contributed by atoms with Crippen molar-refractivity contribution in [1.29, 1.82) is 0 Å². The van der Waals surface area contributed by atoms with Gasteiger partial charge in [0, 0.05) is 39.1 Å².